The van der Waals surface area contributed by atoms with Crippen LogP contribution < -0.4 is 5.32 Å². The predicted molar refractivity (Wildman–Crippen MR) is 117 cm³/mol. The second-order valence-electron chi connectivity index (χ2n) is 7.42. The zero-order valence-corrected chi connectivity index (χ0v) is 16.5. The number of aromatic nitrogens is 4. The lowest BCUT2D eigenvalue weighted by Crippen LogP contribution is -2.17. The second-order valence-corrected chi connectivity index (χ2v) is 7.42. The molecule has 0 unspecified atom stereocenters. The topological polar surface area (TPSA) is 81.8 Å². The summed E-state index contributed by atoms with van der Waals surface area (Å²) in [5.74, 6) is 1.81. The van der Waals surface area contributed by atoms with Crippen LogP contribution in [0.3, 0.4) is 0 Å². The summed E-state index contributed by atoms with van der Waals surface area (Å²) < 4.78 is 0. The molecule has 0 saturated heterocycles. The molecule has 4 aromatic rings. The first-order chi connectivity index (χ1) is 14.3. The van der Waals surface area contributed by atoms with Crippen LogP contribution in [0.25, 0.3) is 33.8 Å². The number of hydrogen-bond acceptors (Lipinski definition) is 4. The van der Waals surface area contributed by atoms with Crippen molar-refractivity contribution in [2.45, 2.75) is 19.3 Å². The Kier molecular flexibility index (Phi) is 4.69. The molecule has 0 saturated carbocycles. The Bertz CT molecular complexity index is 1170. The van der Waals surface area contributed by atoms with Gasteiger partial charge in [0.05, 0.1) is 23.3 Å². The number of rotatable bonds is 5. The molecule has 2 aromatic carbocycles. The van der Waals surface area contributed by atoms with Crippen LogP contribution in [0.5, 0.6) is 0 Å². The highest BCUT2D eigenvalue weighted by molar-refractivity contribution is 5.88. The summed E-state index contributed by atoms with van der Waals surface area (Å²) in [6, 6.07) is 16.5. The van der Waals surface area contributed by atoms with Crippen molar-refractivity contribution in [3.05, 3.63) is 59.9 Å². The van der Waals surface area contributed by atoms with E-state index in [0.29, 0.717) is 0 Å². The molecule has 0 radical (unpaired) electrons. The van der Waals surface area contributed by atoms with Crippen LogP contribution >= 0.6 is 0 Å². The number of benzene rings is 2. The van der Waals surface area contributed by atoms with Crippen molar-refractivity contribution >= 4 is 16.7 Å². The lowest BCUT2D eigenvalue weighted by Gasteiger charge is -2.12. The molecule has 2 aromatic heterocycles. The smallest absolute Gasteiger partial charge is 0.138 e. The van der Waals surface area contributed by atoms with Gasteiger partial charge in [0, 0.05) is 35.5 Å². The zero-order valence-electron chi connectivity index (χ0n) is 16.5. The normalized spacial score (nSPS) is 15.1. The summed E-state index contributed by atoms with van der Waals surface area (Å²) in [6.07, 6.45) is 2.83. The van der Waals surface area contributed by atoms with Gasteiger partial charge in [-0.2, -0.15) is 0 Å². The number of likely N-dealkylation sites (N-methyl/N-ethyl adjacent to an activating group) is 1. The second kappa shape index (κ2) is 7.64. The first kappa shape index (κ1) is 17.8. The fourth-order valence-electron chi connectivity index (χ4n) is 3.84. The molecule has 0 bridgehead atoms. The van der Waals surface area contributed by atoms with Crippen molar-refractivity contribution in [1.82, 2.24) is 25.3 Å². The Morgan fingerprint density at radius 3 is 2.69 bits per heavy atom. The van der Waals surface area contributed by atoms with Gasteiger partial charge in [0.15, 0.2) is 0 Å². The Hall–Kier alpha value is -3.25. The summed E-state index contributed by atoms with van der Waals surface area (Å²) in [5, 5.41) is 3.14. The van der Waals surface area contributed by atoms with Crippen LogP contribution in [0.4, 0.5) is 0 Å². The van der Waals surface area contributed by atoms with E-state index in [1.807, 2.05) is 25.2 Å². The summed E-state index contributed by atoms with van der Waals surface area (Å²) in [5.41, 5.74) is 7.77. The maximum atomic E-state index is 4.87. The van der Waals surface area contributed by atoms with Crippen LogP contribution in [0, 0.1) is 0 Å². The minimum absolute atomic E-state index is 0.836. The monoisotopic (exact) mass is 384 g/mol. The quantitative estimate of drug-likeness (QED) is 0.458. The number of aryl methyl sites for hydroxylation is 1. The molecule has 0 amide bonds. The standard InChI is InChI=1S/C23H24N6/c1-24-11-12-25-17-8-10-19-21(14-17)29-23(27-19)16-7-9-18-20(13-16)28-22(26-18)15-5-3-2-4-6-15/h2-7,9,13,24H,8,10-12,14H2,1H3,(H,26,28)(H,27,29). The zero-order chi connectivity index (χ0) is 19.6. The van der Waals surface area contributed by atoms with E-state index in [0.717, 1.165) is 66.2 Å². The van der Waals surface area contributed by atoms with E-state index in [-0.39, 0.29) is 0 Å². The highest BCUT2D eigenvalue weighted by Gasteiger charge is 2.19. The van der Waals surface area contributed by atoms with Crippen LogP contribution in [0.2, 0.25) is 0 Å². The number of H-pyrrole nitrogens is 2. The highest BCUT2D eigenvalue weighted by atomic mass is 15.0. The molecule has 0 aliphatic heterocycles. The number of fused-ring (bicyclic) bond motifs is 2. The molecule has 146 valence electrons. The maximum Gasteiger partial charge on any atom is 0.138 e. The summed E-state index contributed by atoms with van der Waals surface area (Å²) >= 11 is 0. The molecule has 0 atom stereocenters. The molecule has 2 heterocycles. The van der Waals surface area contributed by atoms with Gasteiger partial charge in [-0.05, 0) is 38.1 Å². The van der Waals surface area contributed by atoms with E-state index in [2.05, 4.69) is 45.6 Å². The lowest BCUT2D eigenvalue weighted by molar-refractivity contribution is 0.792. The van der Waals surface area contributed by atoms with Gasteiger partial charge in [0.25, 0.3) is 0 Å². The van der Waals surface area contributed by atoms with E-state index >= 15 is 0 Å². The number of hydrogen-bond donors (Lipinski definition) is 3. The number of nitrogens with one attached hydrogen (secondary N) is 3. The van der Waals surface area contributed by atoms with Gasteiger partial charge >= 0.3 is 0 Å². The third-order valence-electron chi connectivity index (χ3n) is 5.40. The molecule has 6 heteroatoms. The van der Waals surface area contributed by atoms with Gasteiger partial charge in [-0.3, -0.25) is 4.99 Å². The van der Waals surface area contributed by atoms with Crippen LogP contribution in [0.1, 0.15) is 17.8 Å². The number of aromatic amines is 2. The average Bonchev–Trinajstić information content (AvgIpc) is 3.38. The molecule has 1 aliphatic carbocycles. The van der Waals surface area contributed by atoms with Gasteiger partial charge in [0.1, 0.15) is 11.6 Å². The van der Waals surface area contributed by atoms with E-state index in [1.54, 1.807) is 0 Å². The van der Waals surface area contributed by atoms with Crippen LogP contribution in [-0.4, -0.2) is 45.8 Å². The van der Waals surface area contributed by atoms with E-state index in [4.69, 9.17) is 15.0 Å². The largest absolute Gasteiger partial charge is 0.341 e. The molecule has 1 aliphatic rings. The molecular weight excluding hydrogens is 360 g/mol. The Labute approximate surface area is 169 Å². The average molecular weight is 384 g/mol. The van der Waals surface area contributed by atoms with E-state index in [9.17, 15) is 0 Å². The molecule has 6 nitrogen and oxygen atoms in total. The van der Waals surface area contributed by atoms with Gasteiger partial charge in [-0.15, -0.1) is 0 Å². The SMILES string of the molecule is CNCCN=C1CCc2nc(-c3ccc4nc(-c5ccccc5)[nH]c4c3)[nH]c2C1. The van der Waals surface area contributed by atoms with Gasteiger partial charge in [0.2, 0.25) is 0 Å². The van der Waals surface area contributed by atoms with Crippen molar-refractivity contribution in [3.63, 3.8) is 0 Å². The van der Waals surface area contributed by atoms with Crippen LogP contribution in [-0.2, 0) is 12.8 Å². The summed E-state index contributed by atoms with van der Waals surface area (Å²) in [7, 11) is 1.96. The molecule has 0 spiro atoms. The van der Waals surface area contributed by atoms with Crippen molar-refractivity contribution < 1.29 is 0 Å². The fraction of sp³-hybridized carbons (Fsp3) is 0.261. The Morgan fingerprint density at radius 2 is 1.83 bits per heavy atom. The van der Waals surface area contributed by atoms with Gasteiger partial charge < -0.3 is 15.3 Å². The Balaban J connectivity index is 1.42. The minimum Gasteiger partial charge on any atom is -0.341 e. The number of aliphatic imine (C=N–C) groups is 1. The molecular formula is C23H24N6. The third kappa shape index (κ3) is 3.59. The van der Waals surface area contributed by atoms with Gasteiger partial charge in [-0.25, -0.2) is 9.97 Å². The first-order valence-electron chi connectivity index (χ1n) is 10.1. The van der Waals surface area contributed by atoms with Crippen molar-refractivity contribution in [1.29, 1.82) is 0 Å². The van der Waals surface area contributed by atoms with Crippen molar-refractivity contribution in [2.24, 2.45) is 4.99 Å². The number of nitrogens with zero attached hydrogens (tertiary/aromatic N) is 3. The maximum absolute atomic E-state index is 4.87. The minimum atomic E-state index is 0.836. The third-order valence-corrected chi connectivity index (χ3v) is 5.40. The van der Waals surface area contributed by atoms with Crippen molar-refractivity contribution in [3.8, 4) is 22.8 Å². The molecule has 0 fully saturated rings. The summed E-state index contributed by atoms with van der Waals surface area (Å²) in [6.45, 7) is 1.75. The lowest BCUT2D eigenvalue weighted by atomic mass is 9.99. The van der Waals surface area contributed by atoms with Crippen molar-refractivity contribution in [2.75, 3.05) is 20.1 Å². The van der Waals surface area contributed by atoms with Crippen LogP contribution in [0.15, 0.2) is 53.5 Å². The first-order valence-corrected chi connectivity index (χ1v) is 10.1. The summed E-state index contributed by atoms with van der Waals surface area (Å²) in [4.78, 5) is 21.3. The fourth-order valence-corrected chi connectivity index (χ4v) is 3.84. The Morgan fingerprint density at radius 1 is 0.966 bits per heavy atom. The van der Waals surface area contributed by atoms with Gasteiger partial charge in [-0.1, -0.05) is 30.3 Å². The highest BCUT2D eigenvalue weighted by Crippen LogP contribution is 2.27. The number of imidazole rings is 2. The predicted octanol–water partition coefficient (Wildman–Crippen LogP) is 3.77. The van der Waals surface area contributed by atoms with E-state index < -0.39 is 0 Å². The molecule has 5 rings (SSSR count). The molecule has 29 heavy (non-hydrogen) atoms. The van der Waals surface area contributed by atoms with E-state index in [1.165, 1.54) is 17.1 Å². The molecule has 3 N–H and O–H groups in total.